The number of ether oxygens (including phenoxy) is 3. The molecule has 0 spiro atoms. The molecule has 1 aliphatic carbocycles. The van der Waals surface area contributed by atoms with Crippen LogP contribution in [0.1, 0.15) is 42.9 Å². The van der Waals surface area contributed by atoms with E-state index in [0.29, 0.717) is 53.7 Å². The minimum atomic E-state index is -4.26. The lowest BCUT2D eigenvalue weighted by Gasteiger charge is -2.29. The molecule has 6 rings (SSSR count). The van der Waals surface area contributed by atoms with E-state index in [1.165, 1.54) is 21.3 Å². The molecule has 1 atom stereocenters. The van der Waals surface area contributed by atoms with E-state index in [1.807, 2.05) is 11.0 Å². The Labute approximate surface area is 242 Å². The number of aromatic amines is 1. The van der Waals surface area contributed by atoms with Gasteiger partial charge in [-0.25, -0.2) is 12.8 Å². The second-order valence-corrected chi connectivity index (χ2v) is 12.2. The van der Waals surface area contributed by atoms with Crippen molar-refractivity contribution in [1.82, 2.24) is 20.3 Å². The number of fused-ring (bicyclic) bond motifs is 1. The van der Waals surface area contributed by atoms with Gasteiger partial charge in [-0.3, -0.25) is 14.7 Å². The van der Waals surface area contributed by atoms with Gasteiger partial charge in [0.1, 0.15) is 23.4 Å². The Bertz CT molecular complexity index is 1680. The number of rotatable bonds is 11. The largest absolute Gasteiger partial charge is 0.495 e. The molecule has 2 aromatic heterocycles. The zero-order valence-electron chi connectivity index (χ0n) is 23.6. The maximum Gasteiger partial charge on any atom is 0.270 e. The Morgan fingerprint density at radius 1 is 1.05 bits per heavy atom. The predicted molar refractivity (Wildman–Crippen MR) is 154 cm³/mol. The topological polar surface area (TPSA) is 144 Å². The fourth-order valence-electron chi connectivity index (χ4n) is 5.32. The summed E-state index contributed by atoms with van der Waals surface area (Å²) in [6, 6.07) is 8.52. The van der Waals surface area contributed by atoms with Crippen molar-refractivity contribution in [1.29, 1.82) is 0 Å². The van der Waals surface area contributed by atoms with E-state index < -0.39 is 16.2 Å². The molecule has 42 heavy (non-hydrogen) atoms. The van der Waals surface area contributed by atoms with Crippen molar-refractivity contribution in [3.63, 3.8) is 0 Å². The first-order valence-corrected chi connectivity index (χ1v) is 15.2. The SMILES string of the molecule is COc1cc2c(NS(=O)(=O)c3c(OC)cc(CN4CCC[C@@H](F)C4)cc3OC)noc2cc1Nc1cc(C2CC2)[nH]n1. The number of piperidine rings is 1. The summed E-state index contributed by atoms with van der Waals surface area (Å²) in [5.74, 6) is 1.74. The number of hydrogen-bond acceptors (Lipinski definition) is 10. The van der Waals surface area contributed by atoms with Crippen LogP contribution >= 0.6 is 0 Å². The number of nitrogens with one attached hydrogen (secondary N) is 3. The lowest BCUT2D eigenvalue weighted by Crippen LogP contribution is -2.35. The summed E-state index contributed by atoms with van der Waals surface area (Å²) in [5.41, 5.74) is 2.73. The van der Waals surface area contributed by atoms with Gasteiger partial charge in [0.15, 0.2) is 22.1 Å². The van der Waals surface area contributed by atoms with E-state index in [0.717, 1.165) is 37.1 Å². The molecule has 0 radical (unpaired) electrons. The molecule has 2 fully saturated rings. The number of alkyl halides is 1. The molecule has 1 aliphatic heterocycles. The van der Waals surface area contributed by atoms with Gasteiger partial charge in [-0.15, -0.1) is 0 Å². The summed E-state index contributed by atoms with van der Waals surface area (Å²) < 4.78 is 65.9. The third kappa shape index (κ3) is 5.68. The third-order valence-corrected chi connectivity index (χ3v) is 8.95. The molecule has 4 aromatic rings. The number of likely N-dealkylation sites (tertiary alicyclic amines) is 1. The fraction of sp³-hybridized carbons (Fsp3) is 0.429. The predicted octanol–water partition coefficient (Wildman–Crippen LogP) is 4.93. The van der Waals surface area contributed by atoms with Gasteiger partial charge in [-0.1, -0.05) is 5.16 Å². The second kappa shape index (κ2) is 11.3. The van der Waals surface area contributed by atoms with Crippen molar-refractivity contribution < 1.29 is 31.5 Å². The summed E-state index contributed by atoms with van der Waals surface area (Å²) >= 11 is 0. The highest BCUT2D eigenvalue weighted by molar-refractivity contribution is 7.93. The molecule has 2 aliphatic rings. The van der Waals surface area contributed by atoms with E-state index in [9.17, 15) is 12.8 Å². The summed E-state index contributed by atoms with van der Waals surface area (Å²) in [6.07, 6.45) is 2.74. The smallest absolute Gasteiger partial charge is 0.270 e. The van der Waals surface area contributed by atoms with Gasteiger partial charge in [-0.05, 0) is 56.0 Å². The van der Waals surface area contributed by atoms with E-state index in [1.54, 1.807) is 24.3 Å². The number of benzene rings is 2. The molecule has 224 valence electrons. The van der Waals surface area contributed by atoms with Crippen LogP contribution in [-0.2, 0) is 16.6 Å². The maximum absolute atomic E-state index is 13.9. The van der Waals surface area contributed by atoms with Crippen molar-refractivity contribution in [3.8, 4) is 17.2 Å². The van der Waals surface area contributed by atoms with Gasteiger partial charge in [-0.2, -0.15) is 5.10 Å². The van der Waals surface area contributed by atoms with Crippen LogP contribution in [0, 0.1) is 0 Å². The Balaban J connectivity index is 1.28. The van der Waals surface area contributed by atoms with Crippen molar-refractivity contribution in [2.75, 3.05) is 44.5 Å². The van der Waals surface area contributed by atoms with Gasteiger partial charge in [0.05, 0.1) is 32.4 Å². The van der Waals surface area contributed by atoms with Gasteiger partial charge >= 0.3 is 0 Å². The number of anilines is 3. The van der Waals surface area contributed by atoms with Crippen LogP contribution in [0.15, 0.2) is 39.8 Å². The van der Waals surface area contributed by atoms with Crippen LogP contribution in [0.4, 0.5) is 21.7 Å². The molecule has 2 aromatic carbocycles. The van der Waals surface area contributed by atoms with E-state index in [2.05, 4.69) is 25.4 Å². The summed E-state index contributed by atoms with van der Waals surface area (Å²) in [4.78, 5) is 1.80. The standard InChI is InChI=1S/C28H33FN6O6S/c1-38-23-11-19-22(12-21(23)30-26-13-20(31-32-26)17-6-7-17)41-33-28(19)34-42(36,37)27-24(39-2)9-16(10-25(27)40-3)14-35-8-4-5-18(29)15-35/h9-13,17-18H,4-8,14-15H2,1-3H3,(H,33,34)(H2,30,31,32)/t18-/m1/s1. The zero-order chi connectivity index (χ0) is 29.4. The molecule has 0 amide bonds. The normalized spacial score (nSPS) is 17.8. The highest BCUT2D eigenvalue weighted by Gasteiger charge is 2.30. The Morgan fingerprint density at radius 2 is 1.79 bits per heavy atom. The molecule has 0 unspecified atom stereocenters. The highest BCUT2D eigenvalue weighted by Crippen LogP contribution is 2.41. The van der Waals surface area contributed by atoms with Gasteiger partial charge in [0.25, 0.3) is 10.0 Å². The number of nitrogens with zero attached hydrogens (tertiary/aromatic N) is 3. The van der Waals surface area contributed by atoms with Crippen molar-refractivity contribution in [2.24, 2.45) is 0 Å². The van der Waals surface area contributed by atoms with Gasteiger partial charge in [0.2, 0.25) is 0 Å². The minimum Gasteiger partial charge on any atom is -0.495 e. The highest BCUT2D eigenvalue weighted by atomic mass is 32.2. The quantitative estimate of drug-likeness (QED) is 0.217. The minimum absolute atomic E-state index is 0.0267. The number of H-pyrrole nitrogens is 1. The molecule has 12 nitrogen and oxygen atoms in total. The first-order valence-electron chi connectivity index (χ1n) is 13.7. The van der Waals surface area contributed by atoms with E-state index in [4.69, 9.17) is 18.7 Å². The maximum atomic E-state index is 13.9. The van der Waals surface area contributed by atoms with Crippen molar-refractivity contribution in [2.45, 2.75) is 49.2 Å². The first-order chi connectivity index (χ1) is 20.3. The molecule has 3 N–H and O–H groups in total. The molecular weight excluding hydrogens is 567 g/mol. The van der Waals surface area contributed by atoms with Crippen LogP contribution in [0.5, 0.6) is 17.2 Å². The number of aromatic nitrogens is 3. The number of sulfonamides is 1. The van der Waals surface area contributed by atoms with Crippen molar-refractivity contribution in [3.05, 3.63) is 41.6 Å². The molecule has 14 heteroatoms. The molecule has 1 saturated carbocycles. The van der Waals surface area contributed by atoms with Crippen LogP contribution < -0.4 is 24.2 Å². The van der Waals surface area contributed by atoms with Crippen LogP contribution in [0.25, 0.3) is 11.0 Å². The van der Waals surface area contributed by atoms with Crippen LogP contribution in [0.3, 0.4) is 0 Å². The summed E-state index contributed by atoms with van der Waals surface area (Å²) in [6.45, 7) is 1.52. The molecule has 3 heterocycles. The molecule has 0 bridgehead atoms. The average Bonchev–Trinajstić information content (AvgIpc) is 3.61. The first kappa shape index (κ1) is 28.1. The monoisotopic (exact) mass is 600 g/mol. The number of hydrogen-bond donors (Lipinski definition) is 3. The summed E-state index contributed by atoms with van der Waals surface area (Å²) in [7, 11) is 0.0151. The Hall–Kier alpha value is -4.04. The van der Waals surface area contributed by atoms with Crippen LogP contribution in [0.2, 0.25) is 0 Å². The molecular formula is C28H33FN6O6S. The molecule has 1 saturated heterocycles. The van der Waals surface area contributed by atoms with E-state index >= 15 is 0 Å². The Kier molecular flexibility index (Phi) is 7.58. The second-order valence-electron chi connectivity index (χ2n) is 10.6. The third-order valence-electron chi connectivity index (χ3n) is 7.54. The number of methoxy groups -OCH3 is 3. The Morgan fingerprint density at radius 3 is 2.45 bits per heavy atom. The zero-order valence-corrected chi connectivity index (χ0v) is 24.4. The summed E-state index contributed by atoms with van der Waals surface area (Å²) in [5, 5.41) is 15.0. The van der Waals surface area contributed by atoms with Gasteiger partial charge < -0.3 is 24.1 Å². The lowest BCUT2D eigenvalue weighted by molar-refractivity contribution is 0.133. The number of halogens is 1. The lowest BCUT2D eigenvalue weighted by atomic mass is 10.1. The van der Waals surface area contributed by atoms with Crippen LogP contribution in [-0.4, -0.2) is 69.3 Å². The van der Waals surface area contributed by atoms with Gasteiger partial charge in [0, 0.05) is 36.8 Å². The fourth-order valence-corrected chi connectivity index (χ4v) is 6.63. The average molecular weight is 601 g/mol. The van der Waals surface area contributed by atoms with Crippen molar-refractivity contribution >= 4 is 38.3 Å². The van der Waals surface area contributed by atoms with E-state index in [-0.39, 0.29) is 22.2 Å².